The Morgan fingerprint density at radius 2 is 1.85 bits per heavy atom. The van der Waals surface area contributed by atoms with Crippen molar-refractivity contribution in [3.05, 3.63) is 23.8 Å². The fourth-order valence-electron chi connectivity index (χ4n) is 5.37. The highest BCUT2D eigenvalue weighted by Gasteiger charge is 2.42. The molecule has 1 aliphatic heterocycles. The quantitative estimate of drug-likeness (QED) is 0.810. The summed E-state index contributed by atoms with van der Waals surface area (Å²) in [5.41, 5.74) is 9.32. The van der Waals surface area contributed by atoms with Crippen molar-refractivity contribution in [3.8, 4) is 0 Å². The topological polar surface area (TPSA) is 75.4 Å². The normalized spacial score (nSPS) is 29.3. The zero-order chi connectivity index (χ0) is 18.3. The van der Waals surface area contributed by atoms with Gasteiger partial charge < -0.3 is 16.0 Å². The van der Waals surface area contributed by atoms with Gasteiger partial charge in [0.1, 0.15) is 0 Å². The summed E-state index contributed by atoms with van der Waals surface area (Å²) in [5.74, 6) is 1.30. The molecule has 2 unspecified atom stereocenters. The highest BCUT2D eigenvalue weighted by molar-refractivity contribution is 5.98. The molecule has 2 saturated carbocycles. The van der Waals surface area contributed by atoms with Crippen molar-refractivity contribution in [2.24, 2.45) is 23.5 Å². The molecule has 1 heterocycles. The van der Waals surface area contributed by atoms with Gasteiger partial charge in [0, 0.05) is 36.8 Å². The van der Waals surface area contributed by atoms with Gasteiger partial charge in [0.15, 0.2) is 0 Å². The highest BCUT2D eigenvalue weighted by atomic mass is 35.5. The van der Waals surface area contributed by atoms with Gasteiger partial charge in [-0.3, -0.25) is 9.59 Å². The van der Waals surface area contributed by atoms with Gasteiger partial charge in [0.2, 0.25) is 11.8 Å². The van der Waals surface area contributed by atoms with Crippen LogP contribution >= 0.6 is 12.4 Å². The van der Waals surface area contributed by atoms with E-state index in [4.69, 9.17) is 5.73 Å². The molecule has 5 nitrogen and oxygen atoms in total. The fraction of sp³-hybridized carbons (Fsp3) is 0.619. The molecule has 4 rings (SSSR count). The molecule has 1 aromatic rings. The van der Waals surface area contributed by atoms with Crippen LogP contribution in [0.15, 0.2) is 18.2 Å². The van der Waals surface area contributed by atoms with Crippen LogP contribution in [0, 0.1) is 17.8 Å². The van der Waals surface area contributed by atoms with Crippen LogP contribution in [-0.2, 0) is 16.0 Å². The van der Waals surface area contributed by atoms with E-state index in [9.17, 15) is 9.59 Å². The summed E-state index contributed by atoms with van der Waals surface area (Å²) in [4.78, 5) is 26.9. The first-order chi connectivity index (χ1) is 12.5. The molecular formula is C21H30ClN3O2. The first-order valence-corrected chi connectivity index (χ1v) is 10.0. The molecule has 27 heavy (non-hydrogen) atoms. The van der Waals surface area contributed by atoms with E-state index >= 15 is 0 Å². The van der Waals surface area contributed by atoms with E-state index in [1.807, 2.05) is 23.1 Å². The number of hydrogen-bond donors (Lipinski definition) is 2. The van der Waals surface area contributed by atoms with Gasteiger partial charge in [0.25, 0.3) is 0 Å². The van der Waals surface area contributed by atoms with E-state index in [-0.39, 0.29) is 36.2 Å². The zero-order valence-corrected chi connectivity index (χ0v) is 16.8. The van der Waals surface area contributed by atoms with Crippen LogP contribution in [0.5, 0.6) is 0 Å². The smallest absolute Gasteiger partial charge is 0.230 e. The number of anilines is 2. The second-order valence-electron chi connectivity index (χ2n) is 8.27. The molecule has 148 valence electrons. The number of nitrogens with two attached hydrogens (primary N) is 1. The average molecular weight is 392 g/mol. The number of halogens is 1. The molecule has 2 amide bonds. The first-order valence-electron chi connectivity index (χ1n) is 10.0. The lowest BCUT2D eigenvalue weighted by Gasteiger charge is -2.45. The minimum Gasteiger partial charge on any atom is -0.327 e. The van der Waals surface area contributed by atoms with E-state index in [2.05, 4.69) is 5.32 Å². The summed E-state index contributed by atoms with van der Waals surface area (Å²) in [7, 11) is 0. The van der Waals surface area contributed by atoms with Gasteiger partial charge in [-0.1, -0.05) is 12.5 Å². The molecule has 0 saturated heterocycles. The minimum atomic E-state index is -0.0732. The minimum absolute atomic E-state index is 0. The molecular weight excluding hydrogens is 362 g/mol. The summed E-state index contributed by atoms with van der Waals surface area (Å²) in [5, 5.41) is 2.92. The van der Waals surface area contributed by atoms with E-state index in [0.717, 1.165) is 49.2 Å². The predicted molar refractivity (Wildman–Crippen MR) is 110 cm³/mol. The molecule has 3 aliphatic rings. The van der Waals surface area contributed by atoms with Gasteiger partial charge >= 0.3 is 0 Å². The van der Waals surface area contributed by atoms with E-state index < -0.39 is 0 Å². The summed E-state index contributed by atoms with van der Waals surface area (Å²) < 4.78 is 0. The number of benzene rings is 1. The zero-order valence-electron chi connectivity index (χ0n) is 15.9. The Morgan fingerprint density at radius 1 is 1.15 bits per heavy atom. The van der Waals surface area contributed by atoms with Crippen LogP contribution in [0.25, 0.3) is 0 Å². The van der Waals surface area contributed by atoms with Gasteiger partial charge in [-0.05, 0) is 68.1 Å². The monoisotopic (exact) mass is 391 g/mol. The number of carbonyl (C=O) groups excluding carboxylic acids is 2. The lowest BCUT2D eigenvalue weighted by atomic mass is 9.65. The Balaban J connectivity index is 0.00000210. The molecule has 0 aromatic heterocycles. The molecule has 2 aliphatic carbocycles. The molecule has 3 N–H and O–H groups in total. The van der Waals surface area contributed by atoms with Crippen LogP contribution in [0.3, 0.4) is 0 Å². The predicted octanol–water partition coefficient (Wildman–Crippen LogP) is 3.50. The van der Waals surface area contributed by atoms with Crippen molar-refractivity contribution >= 4 is 35.6 Å². The molecule has 2 fully saturated rings. The molecule has 1 aromatic carbocycles. The number of hydrogen-bond acceptors (Lipinski definition) is 3. The van der Waals surface area contributed by atoms with Crippen LogP contribution < -0.4 is 16.0 Å². The van der Waals surface area contributed by atoms with E-state index in [0.29, 0.717) is 11.8 Å². The van der Waals surface area contributed by atoms with E-state index in [1.165, 1.54) is 26.2 Å². The third kappa shape index (κ3) is 3.85. The molecule has 0 spiro atoms. The first kappa shape index (κ1) is 20.2. The fourth-order valence-corrected chi connectivity index (χ4v) is 5.37. The van der Waals surface area contributed by atoms with Crippen molar-refractivity contribution in [3.63, 3.8) is 0 Å². The summed E-state index contributed by atoms with van der Waals surface area (Å²) in [6.45, 7) is 2.29. The van der Waals surface area contributed by atoms with Gasteiger partial charge in [0.05, 0.1) is 0 Å². The maximum absolute atomic E-state index is 13.4. The van der Waals surface area contributed by atoms with Crippen molar-refractivity contribution in [2.75, 3.05) is 16.8 Å². The number of carbonyl (C=O) groups is 2. The Morgan fingerprint density at radius 3 is 2.52 bits per heavy atom. The van der Waals surface area contributed by atoms with Crippen molar-refractivity contribution < 1.29 is 9.59 Å². The van der Waals surface area contributed by atoms with Gasteiger partial charge in [-0.25, -0.2) is 0 Å². The van der Waals surface area contributed by atoms with Gasteiger partial charge in [-0.15, -0.1) is 12.4 Å². The maximum atomic E-state index is 13.4. The Bertz CT molecular complexity index is 709. The van der Waals surface area contributed by atoms with E-state index in [1.54, 1.807) is 0 Å². The Labute approximate surface area is 167 Å². The maximum Gasteiger partial charge on any atom is 0.230 e. The van der Waals surface area contributed by atoms with Crippen LogP contribution in [-0.4, -0.2) is 24.4 Å². The SMILES string of the molecule is CC(=O)Nc1cccc2c1CCCN2C(=O)C1CC2CCCC(C1)C2N.Cl. The molecule has 0 radical (unpaired) electrons. The number of nitrogens with one attached hydrogen (secondary N) is 1. The second kappa shape index (κ2) is 8.19. The summed E-state index contributed by atoms with van der Waals surface area (Å²) in [6, 6.07) is 6.17. The lowest BCUT2D eigenvalue weighted by molar-refractivity contribution is -0.125. The van der Waals surface area contributed by atoms with Crippen LogP contribution in [0.2, 0.25) is 0 Å². The largest absolute Gasteiger partial charge is 0.327 e. The van der Waals surface area contributed by atoms with Crippen molar-refractivity contribution in [1.82, 2.24) is 0 Å². The molecule has 2 atom stereocenters. The summed E-state index contributed by atoms with van der Waals surface area (Å²) >= 11 is 0. The van der Waals surface area contributed by atoms with Gasteiger partial charge in [-0.2, -0.15) is 0 Å². The van der Waals surface area contributed by atoms with Crippen molar-refractivity contribution in [1.29, 1.82) is 0 Å². The molecule has 2 bridgehead atoms. The highest BCUT2D eigenvalue weighted by Crippen LogP contribution is 2.43. The standard InChI is InChI=1S/C21H29N3O2.ClH/c1-13(25)23-18-8-3-9-19-17(18)7-4-10-24(19)21(26)16-11-14-5-2-6-15(12-16)20(14)22;/h3,8-9,14-16,20H,2,4-7,10-12,22H2,1H3,(H,23,25);1H. The third-order valence-electron chi connectivity index (χ3n) is 6.59. The Kier molecular flexibility index (Phi) is 6.11. The number of fused-ring (bicyclic) bond motifs is 3. The number of rotatable bonds is 2. The third-order valence-corrected chi connectivity index (χ3v) is 6.59. The lowest BCUT2D eigenvalue weighted by Crippen LogP contribution is -2.50. The Hall–Kier alpha value is -1.59. The number of amides is 2. The summed E-state index contributed by atoms with van der Waals surface area (Å²) in [6.07, 6.45) is 7.32. The second-order valence-corrected chi connectivity index (χ2v) is 8.27. The van der Waals surface area contributed by atoms with Crippen LogP contribution in [0.1, 0.15) is 51.0 Å². The number of nitrogens with zero attached hydrogens (tertiary/aromatic N) is 1. The average Bonchev–Trinajstić information content (AvgIpc) is 2.60. The van der Waals surface area contributed by atoms with Crippen molar-refractivity contribution in [2.45, 2.75) is 57.9 Å². The van der Waals surface area contributed by atoms with Crippen LogP contribution in [0.4, 0.5) is 11.4 Å². The molecule has 6 heteroatoms.